The van der Waals surface area contributed by atoms with Crippen molar-refractivity contribution >= 4 is 0 Å². The molecule has 0 spiro atoms. The van der Waals surface area contributed by atoms with Crippen LogP contribution >= 0.6 is 0 Å². The minimum Gasteiger partial charge on any atom is -0.393 e. The van der Waals surface area contributed by atoms with E-state index in [0.717, 1.165) is 51.4 Å². The van der Waals surface area contributed by atoms with Gasteiger partial charge in [0.2, 0.25) is 0 Å². The van der Waals surface area contributed by atoms with Crippen LogP contribution in [-0.4, -0.2) is 22.4 Å². The van der Waals surface area contributed by atoms with Gasteiger partial charge in [-0.05, 0) is 63.2 Å². The van der Waals surface area contributed by atoms with Crippen molar-refractivity contribution in [1.82, 2.24) is 0 Å². The first-order valence-corrected chi connectivity index (χ1v) is 7.11. The minimum atomic E-state index is -0.109. The molecule has 0 aliphatic heterocycles. The molecule has 2 aliphatic carbocycles. The fraction of sp³-hybridized carbons (Fsp3) is 0.750. The maximum Gasteiger partial charge on any atom is 0.0541 e. The number of aliphatic hydroxyl groups excluding tert-OH is 2. The van der Waals surface area contributed by atoms with E-state index in [2.05, 4.69) is 23.7 Å². The third kappa shape index (κ3) is 4.37. The molecule has 18 heavy (non-hydrogen) atoms. The second kappa shape index (κ2) is 6.83. The molecule has 98 valence electrons. The van der Waals surface area contributed by atoms with Crippen LogP contribution in [0.2, 0.25) is 0 Å². The predicted molar refractivity (Wildman–Crippen MR) is 71.5 cm³/mol. The van der Waals surface area contributed by atoms with Gasteiger partial charge in [0, 0.05) is 11.8 Å². The molecular formula is C16H22O2. The van der Waals surface area contributed by atoms with E-state index in [-0.39, 0.29) is 12.2 Å². The molecule has 0 saturated heterocycles. The van der Waals surface area contributed by atoms with Crippen LogP contribution in [0.1, 0.15) is 51.4 Å². The molecule has 0 aromatic rings. The molecular weight excluding hydrogens is 224 g/mol. The van der Waals surface area contributed by atoms with E-state index in [1.54, 1.807) is 0 Å². The summed E-state index contributed by atoms with van der Waals surface area (Å²) in [7, 11) is 0. The lowest BCUT2D eigenvalue weighted by molar-refractivity contribution is 0.119. The van der Waals surface area contributed by atoms with E-state index < -0.39 is 0 Å². The van der Waals surface area contributed by atoms with Crippen LogP contribution in [-0.2, 0) is 0 Å². The Hall–Kier alpha value is -0.960. The van der Waals surface area contributed by atoms with E-state index in [4.69, 9.17) is 0 Å². The summed E-state index contributed by atoms with van der Waals surface area (Å²) in [6.45, 7) is 0. The molecule has 2 aliphatic rings. The van der Waals surface area contributed by atoms with Crippen molar-refractivity contribution in [2.75, 3.05) is 0 Å². The average molecular weight is 246 g/mol. The van der Waals surface area contributed by atoms with E-state index >= 15 is 0 Å². The quantitative estimate of drug-likeness (QED) is 0.643. The van der Waals surface area contributed by atoms with Crippen LogP contribution < -0.4 is 0 Å². The van der Waals surface area contributed by atoms with Gasteiger partial charge >= 0.3 is 0 Å². The third-order valence-corrected chi connectivity index (χ3v) is 4.01. The first kappa shape index (κ1) is 13.5. The van der Waals surface area contributed by atoms with Crippen molar-refractivity contribution in [3.63, 3.8) is 0 Å². The highest BCUT2D eigenvalue weighted by molar-refractivity contribution is 5.28. The van der Waals surface area contributed by atoms with Crippen molar-refractivity contribution in [3.05, 3.63) is 0 Å². The van der Waals surface area contributed by atoms with E-state index in [1.165, 1.54) is 0 Å². The summed E-state index contributed by atoms with van der Waals surface area (Å²) in [4.78, 5) is 0. The normalized spacial score (nSPS) is 35.9. The zero-order chi connectivity index (χ0) is 12.8. The minimum absolute atomic E-state index is 0.109. The van der Waals surface area contributed by atoms with E-state index in [9.17, 15) is 10.2 Å². The van der Waals surface area contributed by atoms with Crippen LogP contribution in [0, 0.1) is 35.5 Å². The summed E-state index contributed by atoms with van der Waals surface area (Å²) < 4.78 is 0. The Morgan fingerprint density at radius 2 is 0.889 bits per heavy atom. The fourth-order valence-corrected chi connectivity index (χ4v) is 2.72. The molecule has 2 heteroatoms. The molecule has 0 amide bonds. The Kier molecular flexibility index (Phi) is 5.12. The van der Waals surface area contributed by atoms with Crippen molar-refractivity contribution in [2.45, 2.75) is 63.6 Å². The van der Waals surface area contributed by atoms with Crippen LogP contribution in [0.25, 0.3) is 0 Å². The second-order valence-corrected chi connectivity index (χ2v) is 5.55. The second-order valence-electron chi connectivity index (χ2n) is 5.55. The summed E-state index contributed by atoms with van der Waals surface area (Å²) >= 11 is 0. The Bertz CT molecular complexity index is 325. The number of hydrogen-bond donors (Lipinski definition) is 2. The first-order valence-electron chi connectivity index (χ1n) is 7.11. The molecule has 2 saturated carbocycles. The predicted octanol–water partition coefficient (Wildman–Crippen LogP) is 2.10. The van der Waals surface area contributed by atoms with Gasteiger partial charge in [-0.3, -0.25) is 0 Å². The van der Waals surface area contributed by atoms with Crippen LogP contribution in [0.4, 0.5) is 0 Å². The largest absolute Gasteiger partial charge is 0.393 e. The van der Waals surface area contributed by atoms with Crippen molar-refractivity contribution in [3.8, 4) is 23.7 Å². The first-order chi connectivity index (χ1) is 8.74. The summed E-state index contributed by atoms with van der Waals surface area (Å²) in [5, 5.41) is 18.8. The van der Waals surface area contributed by atoms with Gasteiger partial charge in [0.15, 0.2) is 0 Å². The van der Waals surface area contributed by atoms with Crippen LogP contribution in [0.3, 0.4) is 0 Å². The number of hydrogen-bond acceptors (Lipinski definition) is 2. The molecule has 0 radical (unpaired) electrons. The lowest BCUT2D eigenvalue weighted by Crippen LogP contribution is -2.17. The summed E-state index contributed by atoms with van der Waals surface area (Å²) in [6.07, 6.45) is 7.33. The maximum atomic E-state index is 9.39. The number of rotatable bonds is 0. The Morgan fingerprint density at radius 3 is 1.22 bits per heavy atom. The summed E-state index contributed by atoms with van der Waals surface area (Å²) in [5.74, 6) is 13.2. The lowest BCUT2D eigenvalue weighted by atomic mass is 9.87. The molecule has 2 fully saturated rings. The van der Waals surface area contributed by atoms with Gasteiger partial charge in [0.1, 0.15) is 0 Å². The number of aliphatic hydroxyl groups is 2. The van der Waals surface area contributed by atoms with Gasteiger partial charge in [-0.25, -0.2) is 0 Å². The fourth-order valence-electron chi connectivity index (χ4n) is 2.72. The SMILES string of the molecule is OC1CCC(C#CC#CC2CCC(O)CC2)CC1. The standard InChI is InChI=1S/C16H22O2/c17-15-9-5-13(6-10-15)3-1-2-4-14-7-11-16(18)12-8-14/h13-18H,5-12H2. The topological polar surface area (TPSA) is 40.5 Å². The van der Waals surface area contributed by atoms with Crippen molar-refractivity contribution in [1.29, 1.82) is 0 Å². The van der Waals surface area contributed by atoms with Crippen LogP contribution in [0.15, 0.2) is 0 Å². The zero-order valence-corrected chi connectivity index (χ0v) is 10.9. The molecule has 2 rings (SSSR count). The molecule has 0 bridgehead atoms. The highest BCUT2D eigenvalue weighted by atomic mass is 16.3. The summed E-state index contributed by atoms with van der Waals surface area (Å²) in [5.41, 5.74) is 0. The third-order valence-electron chi connectivity index (χ3n) is 4.01. The zero-order valence-electron chi connectivity index (χ0n) is 10.9. The highest BCUT2D eigenvalue weighted by Gasteiger charge is 2.18. The van der Waals surface area contributed by atoms with Crippen molar-refractivity contribution in [2.24, 2.45) is 11.8 Å². The Balaban J connectivity index is 1.74. The monoisotopic (exact) mass is 246 g/mol. The van der Waals surface area contributed by atoms with Gasteiger partial charge in [-0.1, -0.05) is 11.8 Å². The molecule has 0 heterocycles. The van der Waals surface area contributed by atoms with E-state index in [1.807, 2.05) is 0 Å². The van der Waals surface area contributed by atoms with Gasteiger partial charge in [-0.2, -0.15) is 0 Å². The van der Waals surface area contributed by atoms with Crippen molar-refractivity contribution < 1.29 is 10.2 Å². The van der Waals surface area contributed by atoms with Gasteiger partial charge in [0.25, 0.3) is 0 Å². The molecule has 0 unspecified atom stereocenters. The lowest BCUT2D eigenvalue weighted by Gasteiger charge is -2.21. The maximum absolute atomic E-state index is 9.39. The molecule has 2 nitrogen and oxygen atoms in total. The smallest absolute Gasteiger partial charge is 0.0541 e. The highest BCUT2D eigenvalue weighted by Crippen LogP contribution is 2.24. The van der Waals surface area contributed by atoms with Gasteiger partial charge in [0.05, 0.1) is 12.2 Å². The Morgan fingerprint density at radius 1 is 0.556 bits per heavy atom. The molecule has 2 N–H and O–H groups in total. The molecule has 0 aromatic carbocycles. The molecule has 0 atom stereocenters. The van der Waals surface area contributed by atoms with E-state index in [0.29, 0.717) is 11.8 Å². The summed E-state index contributed by atoms with van der Waals surface area (Å²) in [6, 6.07) is 0. The Labute approximate surface area is 110 Å². The average Bonchev–Trinajstić information content (AvgIpc) is 2.39. The van der Waals surface area contributed by atoms with Crippen LogP contribution in [0.5, 0.6) is 0 Å². The van der Waals surface area contributed by atoms with Gasteiger partial charge < -0.3 is 10.2 Å². The molecule has 0 aromatic heterocycles. The van der Waals surface area contributed by atoms with Gasteiger partial charge in [-0.15, -0.1) is 0 Å².